The molecule has 1 saturated carbocycles. The van der Waals surface area contributed by atoms with Crippen molar-refractivity contribution in [3.8, 4) is 11.8 Å². The molecular weight excluding hydrogens is 611 g/mol. The summed E-state index contributed by atoms with van der Waals surface area (Å²) in [5, 5.41) is 0. The SMILES string of the molecule is C(#CC1[C+](c2ccccc2)C1c1ccccc1)c1ccccc1.[Cl][Sb-]([Cl])([Cl])([Cl])([Cl])[Cl]. The molecule has 3 aromatic carbocycles. The predicted molar refractivity (Wildman–Crippen MR) is 136 cm³/mol. The van der Waals surface area contributed by atoms with Crippen molar-refractivity contribution in [1.29, 1.82) is 0 Å². The summed E-state index contributed by atoms with van der Waals surface area (Å²) < 4.78 is 0. The van der Waals surface area contributed by atoms with Gasteiger partial charge in [0, 0.05) is 17.7 Å². The molecule has 1 aliphatic rings. The average Bonchev–Trinajstić information content (AvgIpc) is 3.40. The van der Waals surface area contributed by atoms with Crippen molar-refractivity contribution in [2.75, 3.05) is 0 Å². The van der Waals surface area contributed by atoms with Gasteiger partial charge in [-0.1, -0.05) is 60.4 Å². The summed E-state index contributed by atoms with van der Waals surface area (Å²) in [6, 6.07) is 31.6. The van der Waals surface area contributed by atoms with Gasteiger partial charge in [0.25, 0.3) is 0 Å². The van der Waals surface area contributed by atoms with Crippen LogP contribution in [0.2, 0.25) is 0 Å². The summed E-state index contributed by atoms with van der Waals surface area (Å²) in [5.74, 6) is 9.01. The van der Waals surface area contributed by atoms with Crippen LogP contribution in [0.3, 0.4) is 0 Å². The Bertz CT molecular complexity index is 980. The summed E-state index contributed by atoms with van der Waals surface area (Å²) in [4.78, 5) is 0. The molecule has 0 N–H and O–H groups in total. The maximum atomic E-state index is 5.06. The number of hydrogen-bond acceptors (Lipinski definition) is 0. The fraction of sp³-hybridized carbons (Fsp3) is 0.0870. The van der Waals surface area contributed by atoms with E-state index in [1.54, 1.807) is 0 Å². The molecule has 4 rings (SSSR count). The first-order valence-corrected chi connectivity index (χ1v) is 28.4. The molecule has 0 spiro atoms. The average molecular weight is 628 g/mol. The van der Waals surface area contributed by atoms with E-state index in [-0.39, 0.29) is 0 Å². The van der Waals surface area contributed by atoms with Gasteiger partial charge in [0.2, 0.25) is 0 Å². The van der Waals surface area contributed by atoms with Crippen molar-refractivity contribution >= 4 is 62.1 Å². The van der Waals surface area contributed by atoms with Gasteiger partial charge >= 0.3 is 62.1 Å². The minimum absolute atomic E-state index is 0.319. The van der Waals surface area contributed by atoms with Crippen molar-refractivity contribution in [3.05, 3.63) is 114 Å². The molecule has 1 aliphatic carbocycles. The van der Waals surface area contributed by atoms with E-state index in [1.807, 2.05) is 18.2 Å². The molecule has 0 amide bonds. The van der Waals surface area contributed by atoms with E-state index < -0.39 is 9.14 Å². The summed E-state index contributed by atoms with van der Waals surface area (Å²) in [7, 11) is 25.0. The van der Waals surface area contributed by atoms with E-state index in [1.165, 1.54) is 17.0 Å². The van der Waals surface area contributed by atoms with Gasteiger partial charge in [0.15, 0.2) is 0 Å². The quantitative estimate of drug-likeness (QED) is 0.151. The van der Waals surface area contributed by atoms with Crippen molar-refractivity contribution in [1.82, 2.24) is 0 Å². The van der Waals surface area contributed by atoms with E-state index in [9.17, 15) is 0 Å². The molecule has 0 saturated heterocycles. The fourth-order valence-electron chi connectivity index (χ4n) is 3.13. The van der Waals surface area contributed by atoms with Gasteiger partial charge in [-0.05, 0) is 35.9 Å². The zero-order valence-electron chi connectivity index (χ0n) is 15.5. The van der Waals surface area contributed by atoms with Crippen LogP contribution in [0.25, 0.3) is 0 Å². The monoisotopic (exact) mass is 624 g/mol. The zero-order chi connectivity index (χ0) is 21.9. The first-order valence-electron chi connectivity index (χ1n) is 8.98. The maximum absolute atomic E-state index is 5.42. The van der Waals surface area contributed by atoms with Gasteiger partial charge in [0.05, 0.1) is 11.8 Å². The molecule has 0 aliphatic heterocycles. The Balaban J connectivity index is 0.000000318. The number of benzene rings is 3. The second kappa shape index (κ2) is 8.88. The molecule has 156 valence electrons. The molecule has 0 nitrogen and oxygen atoms in total. The second-order valence-electron chi connectivity index (χ2n) is 6.78. The minimum atomic E-state index is -5.42. The Morgan fingerprint density at radius 2 is 1.07 bits per heavy atom. The summed E-state index contributed by atoms with van der Waals surface area (Å²) in [6.45, 7) is 0. The molecule has 0 bridgehead atoms. The molecule has 2 unspecified atom stereocenters. The first-order chi connectivity index (χ1) is 13.9. The van der Waals surface area contributed by atoms with E-state index in [2.05, 4.69) is 84.6 Å². The Morgan fingerprint density at radius 3 is 1.57 bits per heavy atom. The van der Waals surface area contributed by atoms with Gasteiger partial charge < -0.3 is 0 Å². The van der Waals surface area contributed by atoms with Crippen LogP contribution in [0.4, 0.5) is 0 Å². The van der Waals surface area contributed by atoms with Crippen LogP contribution >= 0.6 is 53.0 Å². The number of halogens is 6. The summed E-state index contributed by atoms with van der Waals surface area (Å²) in [6.07, 6.45) is 0. The molecule has 0 radical (unpaired) electrons. The van der Waals surface area contributed by atoms with Gasteiger partial charge in [0.1, 0.15) is 11.5 Å². The van der Waals surface area contributed by atoms with Gasteiger partial charge in [-0.2, -0.15) is 0 Å². The van der Waals surface area contributed by atoms with Crippen molar-refractivity contribution in [3.63, 3.8) is 0 Å². The molecule has 3 aromatic rings. The van der Waals surface area contributed by atoms with Crippen LogP contribution in [0, 0.1) is 23.7 Å². The van der Waals surface area contributed by atoms with Crippen LogP contribution in [0.1, 0.15) is 22.6 Å². The van der Waals surface area contributed by atoms with Crippen molar-refractivity contribution in [2.45, 2.75) is 5.92 Å². The number of hydrogen-bond donors (Lipinski definition) is 0. The van der Waals surface area contributed by atoms with E-state index >= 15 is 0 Å². The molecule has 0 aromatic heterocycles. The standard InChI is InChI=1S/C23H17.6ClH.Sb/c1-4-10-18(11-5-1)16-17-21-22(19-12-6-2-7-13-19)23(21)20-14-8-3-9-15-20;;;;;;;/h1-15,21-22H;6*1H;/q+1;;;;;;;+5/p-6. The second-order valence-corrected chi connectivity index (χ2v) is 63.7. The van der Waals surface area contributed by atoms with E-state index in [0.717, 1.165) is 5.56 Å². The molecule has 0 heterocycles. The molecule has 30 heavy (non-hydrogen) atoms. The summed E-state index contributed by atoms with van der Waals surface area (Å²) in [5.41, 5.74) is 3.76. The molecule has 2 atom stereocenters. The molecule has 1 fully saturated rings. The first kappa shape index (κ1) is 24.3. The third-order valence-corrected chi connectivity index (χ3v) is 4.31. The van der Waals surface area contributed by atoms with Gasteiger partial charge in [-0.25, -0.2) is 0 Å². The topological polar surface area (TPSA) is 0 Å². The van der Waals surface area contributed by atoms with Crippen LogP contribution < -0.4 is 0 Å². The van der Waals surface area contributed by atoms with Crippen LogP contribution in [-0.2, 0) is 0 Å². The van der Waals surface area contributed by atoms with Crippen LogP contribution in [0.15, 0.2) is 91.0 Å². The van der Waals surface area contributed by atoms with E-state index in [0.29, 0.717) is 11.8 Å². The fourth-order valence-corrected chi connectivity index (χ4v) is 3.13. The zero-order valence-corrected chi connectivity index (χ0v) is 22.6. The van der Waals surface area contributed by atoms with E-state index in [4.69, 9.17) is 53.0 Å². The Kier molecular flexibility index (Phi) is 7.19. The predicted octanol–water partition coefficient (Wildman–Crippen LogP) is 8.83. The Morgan fingerprint density at radius 1 is 0.633 bits per heavy atom. The van der Waals surface area contributed by atoms with Crippen LogP contribution in [-0.4, -0.2) is 9.14 Å². The summed E-state index contributed by atoms with van der Waals surface area (Å²) >= 11 is 0. The van der Waals surface area contributed by atoms with Crippen LogP contribution in [0.5, 0.6) is 0 Å². The van der Waals surface area contributed by atoms with Gasteiger partial charge in [-0.3, -0.25) is 0 Å². The van der Waals surface area contributed by atoms with Gasteiger partial charge in [-0.15, -0.1) is 0 Å². The normalized spacial score (nSPS) is 19.9. The van der Waals surface area contributed by atoms with Crippen molar-refractivity contribution < 1.29 is 0 Å². The Hall–Kier alpha value is -0.352. The molecular formula is C23H17Cl6Sb. The Labute approximate surface area is 197 Å². The van der Waals surface area contributed by atoms with Crippen molar-refractivity contribution in [2.24, 2.45) is 5.92 Å². The third kappa shape index (κ3) is 9.02. The third-order valence-electron chi connectivity index (χ3n) is 4.31. The molecule has 7 heteroatoms. The number of rotatable bonds is 2.